The summed E-state index contributed by atoms with van der Waals surface area (Å²) < 4.78 is 0. The number of nitrogens with zero attached hydrogens (tertiary/aromatic N) is 3. The number of hydrogen-bond acceptors (Lipinski definition) is 4. The van der Waals surface area contributed by atoms with E-state index in [1.54, 1.807) is 11.0 Å². The number of aromatic nitrogens is 4. The standard InChI is InChI=1S/C12H14N6O2/c19-10(16-12-14-7-15-17-12)8-5-9(13-6-8)11(20)18-3-1-2-4-18/h5-7,13H,1-4H2,(H2,14,15,16,17,19). The molecule has 1 aliphatic heterocycles. The van der Waals surface area contributed by atoms with Crippen LogP contribution in [0.2, 0.25) is 0 Å². The van der Waals surface area contributed by atoms with Crippen molar-refractivity contribution in [3.05, 3.63) is 29.8 Å². The van der Waals surface area contributed by atoms with Crippen LogP contribution in [0.4, 0.5) is 5.95 Å². The van der Waals surface area contributed by atoms with Crippen LogP contribution in [0.1, 0.15) is 33.7 Å². The Morgan fingerprint density at radius 2 is 2.10 bits per heavy atom. The molecule has 104 valence electrons. The van der Waals surface area contributed by atoms with E-state index in [-0.39, 0.29) is 17.8 Å². The largest absolute Gasteiger partial charge is 0.356 e. The monoisotopic (exact) mass is 274 g/mol. The van der Waals surface area contributed by atoms with Crippen molar-refractivity contribution in [1.29, 1.82) is 0 Å². The lowest BCUT2D eigenvalue weighted by Gasteiger charge is -2.13. The molecule has 2 amide bonds. The van der Waals surface area contributed by atoms with Gasteiger partial charge >= 0.3 is 0 Å². The van der Waals surface area contributed by atoms with Crippen LogP contribution >= 0.6 is 0 Å². The van der Waals surface area contributed by atoms with E-state index in [2.05, 4.69) is 25.5 Å². The normalized spacial score (nSPS) is 14.5. The van der Waals surface area contributed by atoms with Gasteiger partial charge < -0.3 is 9.88 Å². The minimum Gasteiger partial charge on any atom is -0.356 e. The number of aromatic amines is 2. The highest BCUT2D eigenvalue weighted by Gasteiger charge is 2.21. The molecule has 0 atom stereocenters. The molecule has 2 aromatic rings. The van der Waals surface area contributed by atoms with Gasteiger partial charge in [-0.05, 0) is 18.9 Å². The zero-order valence-electron chi connectivity index (χ0n) is 10.7. The lowest BCUT2D eigenvalue weighted by molar-refractivity contribution is 0.0787. The van der Waals surface area contributed by atoms with Crippen molar-refractivity contribution in [1.82, 2.24) is 25.1 Å². The van der Waals surface area contributed by atoms with Crippen molar-refractivity contribution in [2.45, 2.75) is 12.8 Å². The van der Waals surface area contributed by atoms with Gasteiger partial charge in [-0.2, -0.15) is 10.1 Å². The zero-order valence-corrected chi connectivity index (χ0v) is 10.7. The van der Waals surface area contributed by atoms with E-state index in [4.69, 9.17) is 0 Å². The van der Waals surface area contributed by atoms with Gasteiger partial charge in [0.05, 0.1) is 5.56 Å². The molecule has 0 unspecified atom stereocenters. The Morgan fingerprint density at radius 1 is 1.30 bits per heavy atom. The summed E-state index contributed by atoms with van der Waals surface area (Å²) in [5.41, 5.74) is 0.804. The SMILES string of the molecule is O=C(Nc1ncn[nH]1)c1c[nH]c(C(=O)N2CCCC2)c1. The highest BCUT2D eigenvalue weighted by Crippen LogP contribution is 2.13. The topological polar surface area (TPSA) is 107 Å². The van der Waals surface area contributed by atoms with Gasteiger partial charge in [-0.15, -0.1) is 0 Å². The van der Waals surface area contributed by atoms with Gasteiger partial charge in [0.15, 0.2) is 0 Å². The number of anilines is 1. The van der Waals surface area contributed by atoms with Gasteiger partial charge in [-0.3, -0.25) is 14.9 Å². The third kappa shape index (κ3) is 2.40. The smallest absolute Gasteiger partial charge is 0.270 e. The first-order valence-electron chi connectivity index (χ1n) is 6.38. The van der Waals surface area contributed by atoms with Gasteiger partial charge in [-0.1, -0.05) is 0 Å². The lowest BCUT2D eigenvalue weighted by atomic mass is 10.3. The van der Waals surface area contributed by atoms with Crippen LogP contribution in [0.15, 0.2) is 18.6 Å². The van der Waals surface area contributed by atoms with Crippen LogP contribution in [0, 0.1) is 0 Å². The number of rotatable bonds is 3. The number of likely N-dealkylation sites (tertiary alicyclic amines) is 1. The van der Waals surface area contributed by atoms with Gasteiger partial charge in [-0.25, -0.2) is 5.10 Å². The first kappa shape index (κ1) is 12.4. The molecule has 8 heteroatoms. The van der Waals surface area contributed by atoms with Gasteiger partial charge in [0.2, 0.25) is 5.95 Å². The first-order valence-corrected chi connectivity index (χ1v) is 6.38. The van der Waals surface area contributed by atoms with Crippen LogP contribution in [-0.2, 0) is 0 Å². The number of carbonyl (C=O) groups is 2. The molecule has 1 saturated heterocycles. The van der Waals surface area contributed by atoms with Crippen molar-refractivity contribution in [3.63, 3.8) is 0 Å². The minimum absolute atomic E-state index is 0.0683. The molecule has 1 fully saturated rings. The number of H-pyrrole nitrogens is 2. The molecule has 2 aromatic heterocycles. The fourth-order valence-corrected chi connectivity index (χ4v) is 2.18. The predicted octanol–water partition coefficient (Wildman–Crippen LogP) is 0.621. The van der Waals surface area contributed by atoms with Gasteiger partial charge in [0.25, 0.3) is 11.8 Å². The highest BCUT2D eigenvalue weighted by molar-refractivity contribution is 6.05. The van der Waals surface area contributed by atoms with E-state index in [1.807, 2.05) is 0 Å². The summed E-state index contributed by atoms with van der Waals surface area (Å²) in [6.07, 6.45) is 4.88. The van der Waals surface area contributed by atoms with Crippen LogP contribution in [0.25, 0.3) is 0 Å². The molecule has 0 radical (unpaired) electrons. The van der Waals surface area contributed by atoms with E-state index >= 15 is 0 Å². The van der Waals surface area contributed by atoms with Crippen LogP contribution in [-0.4, -0.2) is 50.0 Å². The predicted molar refractivity (Wildman–Crippen MR) is 70.3 cm³/mol. The van der Waals surface area contributed by atoms with E-state index in [9.17, 15) is 9.59 Å². The summed E-state index contributed by atoms with van der Waals surface area (Å²) in [5.74, 6) is -0.150. The molecule has 8 nitrogen and oxygen atoms in total. The molecule has 0 spiro atoms. The molecule has 3 rings (SSSR count). The van der Waals surface area contributed by atoms with Gasteiger partial charge in [0.1, 0.15) is 12.0 Å². The number of carbonyl (C=O) groups excluding carboxylic acids is 2. The van der Waals surface area contributed by atoms with Crippen LogP contribution in [0.5, 0.6) is 0 Å². The second-order valence-electron chi connectivity index (χ2n) is 4.59. The summed E-state index contributed by atoms with van der Waals surface area (Å²) in [5, 5.41) is 8.72. The third-order valence-electron chi connectivity index (χ3n) is 3.22. The van der Waals surface area contributed by atoms with Crippen molar-refractivity contribution in [2.24, 2.45) is 0 Å². The highest BCUT2D eigenvalue weighted by atomic mass is 16.2. The maximum atomic E-state index is 12.1. The Labute approximate surface area is 114 Å². The average Bonchev–Trinajstić information content (AvgIpc) is 3.19. The zero-order chi connectivity index (χ0) is 13.9. The molecule has 3 N–H and O–H groups in total. The summed E-state index contributed by atoms with van der Waals surface area (Å²) in [6, 6.07) is 1.55. The van der Waals surface area contributed by atoms with Crippen molar-refractivity contribution in [2.75, 3.05) is 18.4 Å². The fourth-order valence-electron chi connectivity index (χ4n) is 2.18. The van der Waals surface area contributed by atoms with Crippen LogP contribution in [0.3, 0.4) is 0 Å². The second kappa shape index (κ2) is 5.16. The maximum absolute atomic E-state index is 12.1. The number of amides is 2. The Balaban J connectivity index is 1.69. The molecule has 0 aliphatic carbocycles. The first-order chi connectivity index (χ1) is 9.74. The Morgan fingerprint density at radius 3 is 2.80 bits per heavy atom. The molecule has 0 saturated carbocycles. The Hall–Kier alpha value is -2.64. The molecular weight excluding hydrogens is 260 g/mol. The quantitative estimate of drug-likeness (QED) is 0.762. The fraction of sp³-hybridized carbons (Fsp3) is 0.333. The maximum Gasteiger partial charge on any atom is 0.270 e. The van der Waals surface area contributed by atoms with E-state index in [1.165, 1.54) is 12.5 Å². The second-order valence-corrected chi connectivity index (χ2v) is 4.59. The van der Waals surface area contributed by atoms with Crippen molar-refractivity contribution >= 4 is 17.8 Å². The van der Waals surface area contributed by atoms with E-state index in [0.717, 1.165) is 25.9 Å². The number of nitrogens with one attached hydrogen (secondary N) is 3. The van der Waals surface area contributed by atoms with E-state index < -0.39 is 0 Å². The average molecular weight is 274 g/mol. The molecular formula is C12H14N6O2. The Kier molecular flexibility index (Phi) is 3.20. The number of hydrogen-bond donors (Lipinski definition) is 3. The van der Waals surface area contributed by atoms with Gasteiger partial charge in [0, 0.05) is 19.3 Å². The minimum atomic E-state index is -0.349. The summed E-state index contributed by atoms with van der Waals surface area (Å²) in [4.78, 5) is 32.5. The van der Waals surface area contributed by atoms with Crippen molar-refractivity contribution in [3.8, 4) is 0 Å². The third-order valence-corrected chi connectivity index (χ3v) is 3.22. The summed E-state index contributed by atoms with van der Waals surface area (Å²) in [6.45, 7) is 1.55. The van der Waals surface area contributed by atoms with Crippen LogP contribution < -0.4 is 5.32 Å². The molecule has 0 aromatic carbocycles. The van der Waals surface area contributed by atoms with E-state index in [0.29, 0.717) is 11.3 Å². The molecule has 0 bridgehead atoms. The lowest BCUT2D eigenvalue weighted by Crippen LogP contribution is -2.27. The summed E-state index contributed by atoms with van der Waals surface area (Å²) >= 11 is 0. The molecule has 20 heavy (non-hydrogen) atoms. The molecule has 3 heterocycles. The molecule has 1 aliphatic rings. The summed E-state index contributed by atoms with van der Waals surface area (Å²) in [7, 11) is 0. The Bertz CT molecular complexity index is 612. The van der Waals surface area contributed by atoms with Crippen molar-refractivity contribution < 1.29 is 9.59 Å².